The van der Waals surface area contributed by atoms with Crippen LogP contribution < -0.4 is 10.6 Å². The minimum Gasteiger partial charge on any atom is -0.383 e. The minimum absolute atomic E-state index is 0.258. The number of aryl methyl sites for hydroxylation is 2. The van der Waals surface area contributed by atoms with Crippen LogP contribution in [-0.4, -0.2) is 36.1 Å². The summed E-state index contributed by atoms with van der Waals surface area (Å²) < 4.78 is 4.95. The lowest BCUT2D eigenvalue weighted by molar-refractivity contribution is 0.102. The van der Waals surface area contributed by atoms with E-state index in [1.807, 2.05) is 32.0 Å². The van der Waals surface area contributed by atoms with E-state index >= 15 is 0 Å². The molecule has 0 atom stereocenters. The lowest BCUT2D eigenvalue weighted by Crippen LogP contribution is -2.17. The van der Waals surface area contributed by atoms with Crippen molar-refractivity contribution in [3.8, 4) is 0 Å². The molecule has 6 nitrogen and oxygen atoms in total. The Morgan fingerprint density at radius 1 is 1.27 bits per heavy atom. The zero-order chi connectivity index (χ0) is 15.9. The first-order chi connectivity index (χ1) is 10.6. The van der Waals surface area contributed by atoms with Crippen LogP contribution in [0.25, 0.3) is 0 Å². The highest BCUT2D eigenvalue weighted by atomic mass is 16.5. The first kappa shape index (κ1) is 15.9. The van der Waals surface area contributed by atoms with Crippen LogP contribution in [0.15, 0.2) is 30.5 Å². The average Bonchev–Trinajstić information content (AvgIpc) is 2.51. The fourth-order valence-corrected chi connectivity index (χ4v) is 1.89. The lowest BCUT2D eigenvalue weighted by atomic mass is 10.1. The SMILES string of the molecule is COCCNc1nccc(C(=O)Nc2cc(C)ccc2C)n1. The van der Waals surface area contributed by atoms with Crippen molar-refractivity contribution in [3.05, 3.63) is 47.3 Å². The molecule has 6 heteroatoms. The number of hydrogen-bond donors (Lipinski definition) is 2. The van der Waals surface area contributed by atoms with Gasteiger partial charge in [0.1, 0.15) is 5.69 Å². The molecule has 1 amide bonds. The number of rotatable bonds is 6. The van der Waals surface area contributed by atoms with E-state index in [0.717, 1.165) is 16.8 Å². The van der Waals surface area contributed by atoms with E-state index in [0.29, 0.717) is 24.8 Å². The number of carbonyl (C=O) groups is 1. The highest BCUT2D eigenvalue weighted by molar-refractivity contribution is 6.03. The summed E-state index contributed by atoms with van der Waals surface area (Å²) in [5.41, 5.74) is 3.20. The largest absolute Gasteiger partial charge is 0.383 e. The van der Waals surface area contributed by atoms with Crippen molar-refractivity contribution < 1.29 is 9.53 Å². The quantitative estimate of drug-likeness (QED) is 0.801. The normalized spacial score (nSPS) is 10.3. The smallest absolute Gasteiger partial charge is 0.274 e. The third kappa shape index (κ3) is 4.26. The fraction of sp³-hybridized carbons (Fsp3) is 0.312. The van der Waals surface area contributed by atoms with Crippen LogP contribution in [0.1, 0.15) is 21.6 Å². The third-order valence-electron chi connectivity index (χ3n) is 3.12. The minimum atomic E-state index is -0.258. The fourth-order valence-electron chi connectivity index (χ4n) is 1.89. The zero-order valence-corrected chi connectivity index (χ0v) is 13.0. The Kier molecular flexibility index (Phi) is 5.43. The van der Waals surface area contributed by atoms with Crippen LogP contribution in [0.2, 0.25) is 0 Å². The van der Waals surface area contributed by atoms with Crippen molar-refractivity contribution in [3.63, 3.8) is 0 Å². The van der Waals surface area contributed by atoms with E-state index < -0.39 is 0 Å². The first-order valence-electron chi connectivity index (χ1n) is 7.04. The topological polar surface area (TPSA) is 76.1 Å². The second-order valence-electron chi connectivity index (χ2n) is 4.96. The van der Waals surface area contributed by atoms with Gasteiger partial charge in [-0.2, -0.15) is 0 Å². The number of hydrogen-bond acceptors (Lipinski definition) is 5. The molecule has 1 aromatic carbocycles. The van der Waals surface area contributed by atoms with Crippen LogP contribution in [0.3, 0.4) is 0 Å². The Balaban J connectivity index is 2.09. The molecule has 0 bridgehead atoms. The van der Waals surface area contributed by atoms with E-state index in [2.05, 4.69) is 20.6 Å². The number of nitrogens with one attached hydrogen (secondary N) is 2. The Labute approximate surface area is 129 Å². The van der Waals surface area contributed by atoms with Crippen LogP contribution in [0, 0.1) is 13.8 Å². The highest BCUT2D eigenvalue weighted by Gasteiger charge is 2.10. The molecule has 0 radical (unpaired) electrons. The number of benzene rings is 1. The van der Waals surface area contributed by atoms with Gasteiger partial charge in [0.05, 0.1) is 6.61 Å². The molecular formula is C16H20N4O2. The number of nitrogens with zero attached hydrogens (tertiary/aromatic N) is 2. The van der Waals surface area contributed by atoms with E-state index in [1.54, 1.807) is 19.4 Å². The summed E-state index contributed by atoms with van der Waals surface area (Å²) in [5, 5.41) is 5.88. The van der Waals surface area contributed by atoms with Crippen molar-refractivity contribution >= 4 is 17.5 Å². The predicted molar refractivity (Wildman–Crippen MR) is 86.3 cm³/mol. The summed E-state index contributed by atoms with van der Waals surface area (Å²) in [6.45, 7) is 5.06. The number of anilines is 2. The van der Waals surface area contributed by atoms with E-state index in [4.69, 9.17) is 4.74 Å². The molecule has 1 aromatic heterocycles. The van der Waals surface area contributed by atoms with Gasteiger partial charge in [0.15, 0.2) is 0 Å². The molecule has 116 valence electrons. The highest BCUT2D eigenvalue weighted by Crippen LogP contribution is 2.17. The van der Waals surface area contributed by atoms with Gasteiger partial charge in [-0.25, -0.2) is 9.97 Å². The molecule has 1 heterocycles. The van der Waals surface area contributed by atoms with Gasteiger partial charge in [-0.05, 0) is 37.1 Å². The molecule has 0 aliphatic rings. The van der Waals surface area contributed by atoms with Crippen molar-refractivity contribution in [2.45, 2.75) is 13.8 Å². The molecular weight excluding hydrogens is 280 g/mol. The maximum absolute atomic E-state index is 12.3. The number of aromatic nitrogens is 2. The summed E-state index contributed by atoms with van der Waals surface area (Å²) in [5.74, 6) is 0.150. The predicted octanol–water partition coefficient (Wildman–Crippen LogP) is 2.40. The van der Waals surface area contributed by atoms with Crippen molar-refractivity contribution in [2.75, 3.05) is 30.9 Å². The van der Waals surface area contributed by atoms with Gasteiger partial charge in [-0.3, -0.25) is 4.79 Å². The molecule has 0 spiro atoms. The number of methoxy groups -OCH3 is 1. The van der Waals surface area contributed by atoms with Gasteiger partial charge in [-0.15, -0.1) is 0 Å². The Bertz CT molecular complexity index is 658. The monoisotopic (exact) mass is 300 g/mol. The maximum Gasteiger partial charge on any atom is 0.274 e. The van der Waals surface area contributed by atoms with Gasteiger partial charge in [-0.1, -0.05) is 12.1 Å². The molecule has 0 fully saturated rings. The lowest BCUT2D eigenvalue weighted by Gasteiger charge is -2.10. The zero-order valence-electron chi connectivity index (χ0n) is 13.0. The van der Waals surface area contributed by atoms with E-state index in [-0.39, 0.29) is 5.91 Å². The van der Waals surface area contributed by atoms with Crippen LogP contribution in [0.5, 0.6) is 0 Å². The summed E-state index contributed by atoms with van der Waals surface area (Å²) in [7, 11) is 1.62. The second kappa shape index (κ2) is 7.51. The number of carbonyl (C=O) groups excluding carboxylic acids is 1. The van der Waals surface area contributed by atoms with Gasteiger partial charge in [0.2, 0.25) is 5.95 Å². The second-order valence-corrected chi connectivity index (χ2v) is 4.96. The molecule has 0 saturated heterocycles. The van der Waals surface area contributed by atoms with Crippen LogP contribution in [0.4, 0.5) is 11.6 Å². The molecule has 0 saturated carbocycles. The maximum atomic E-state index is 12.3. The number of ether oxygens (including phenoxy) is 1. The van der Waals surface area contributed by atoms with Crippen molar-refractivity contribution in [2.24, 2.45) is 0 Å². The Morgan fingerprint density at radius 3 is 2.86 bits per heavy atom. The van der Waals surface area contributed by atoms with Gasteiger partial charge in [0.25, 0.3) is 5.91 Å². The molecule has 2 N–H and O–H groups in total. The van der Waals surface area contributed by atoms with E-state index in [1.165, 1.54) is 0 Å². The Hall–Kier alpha value is -2.47. The van der Waals surface area contributed by atoms with Crippen molar-refractivity contribution in [1.29, 1.82) is 0 Å². The standard InChI is InChI=1S/C16H20N4O2/c1-11-4-5-12(2)14(10-11)19-15(21)13-6-7-17-16(20-13)18-8-9-22-3/h4-7,10H,8-9H2,1-3H3,(H,19,21)(H,17,18,20). The first-order valence-corrected chi connectivity index (χ1v) is 7.04. The molecule has 0 unspecified atom stereocenters. The Morgan fingerprint density at radius 2 is 2.09 bits per heavy atom. The van der Waals surface area contributed by atoms with Crippen molar-refractivity contribution in [1.82, 2.24) is 9.97 Å². The molecule has 22 heavy (non-hydrogen) atoms. The van der Waals surface area contributed by atoms with Crippen LogP contribution in [-0.2, 0) is 4.74 Å². The van der Waals surface area contributed by atoms with E-state index in [9.17, 15) is 4.79 Å². The average molecular weight is 300 g/mol. The summed E-state index contributed by atoms with van der Waals surface area (Å²) in [6, 6.07) is 7.50. The molecule has 0 aliphatic carbocycles. The summed E-state index contributed by atoms with van der Waals surface area (Å²) >= 11 is 0. The van der Waals surface area contributed by atoms with Crippen LogP contribution >= 0.6 is 0 Å². The van der Waals surface area contributed by atoms with Gasteiger partial charge < -0.3 is 15.4 Å². The molecule has 2 rings (SSSR count). The summed E-state index contributed by atoms with van der Waals surface area (Å²) in [4.78, 5) is 20.6. The third-order valence-corrected chi connectivity index (χ3v) is 3.12. The van der Waals surface area contributed by atoms with Gasteiger partial charge in [0, 0.05) is 25.5 Å². The summed E-state index contributed by atoms with van der Waals surface area (Å²) in [6.07, 6.45) is 1.56. The molecule has 2 aromatic rings. The van der Waals surface area contributed by atoms with Gasteiger partial charge >= 0.3 is 0 Å². The molecule has 0 aliphatic heterocycles. The number of amides is 1.